The molecule has 1 aliphatic rings. The fourth-order valence-corrected chi connectivity index (χ4v) is 6.46. The molecule has 0 saturated carbocycles. The molecule has 0 saturated heterocycles. The summed E-state index contributed by atoms with van der Waals surface area (Å²) >= 11 is 0. The van der Waals surface area contributed by atoms with Crippen molar-refractivity contribution in [2.45, 2.75) is 64.6 Å². The Morgan fingerprint density at radius 2 is 1.67 bits per heavy atom. The Bertz CT molecular complexity index is 2160. The van der Waals surface area contributed by atoms with Gasteiger partial charge < -0.3 is 19.6 Å². The number of rotatable bonds is 6. The first kappa shape index (κ1) is 34.0. The van der Waals surface area contributed by atoms with Crippen molar-refractivity contribution >= 4 is 27.8 Å². The number of halogens is 6. The van der Waals surface area contributed by atoms with E-state index in [2.05, 4.69) is 9.97 Å². The van der Waals surface area contributed by atoms with Gasteiger partial charge in [-0.05, 0) is 104 Å². The number of carboxylic acid groups (broad SMARTS) is 1. The van der Waals surface area contributed by atoms with Crippen molar-refractivity contribution in [2.75, 3.05) is 6.61 Å². The summed E-state index contributed by atoms with van der Waals surface area (Å²) in [6.07, 6.45) is -10.1. The summed E-state index contributed by atoms with van der Waals surface area (Å²) in [5.41, 5.74) is -2.18. The van der Waals surface area contributed by atoms with Gasteiger partial charge in [0.15, 0.2) is 6.10 Å². The van der Waals surface area contributed by atoms with Crippen molar-refractivity contribution in [3.8, 4) is 16.9 Å². The van der Waals surface area contributed by atoms with Gasteiger partial charge in [0.25, 0.3) is 0 Å². The predicted octanol–water partition coefficient (Wildman–Crippen LogP) is 8.56. The number of benzene rings is 3. The lowest BCUT2D eigenvalue weighted by atomic mass is 9.82. The van der Waals surface area contributed by atoms with Crippen LogP contribution >= 0.6 is 0 Å². The Balaban J connectivity index is 1.73. The van der Waals surface area contributed by atoms with Gasteiger partial charge in [-0.25, -0.2) is 4.79 Å². The number of alkyl halides is 6. The summed E-state index contributed by atoms with van der Waals surface area (Å²) in [4.78, 5) is 33.2. The van der Waals surface area contributed by atoms with Crippen molar-refractivity contribution in [2.24, 2.45) is 0 Å². The van der Waals surface area contributed by atoms with Gasteiger partial charge in [-0.3, -0.25) is 9.78 Å². The normalized spacial score (nSPS) is 14.2. The maximum Gasteiger partial charge on any atom is 0.416 e. The number of fused-ring (bicyclic) bond motifs is 1. The lowest BCUT2D eigenvalue weighted by Crippen LogP contribution is -2.28. The molecule has 0 fully saturated rings. The summed E-state index contributed by atoms with van der Waals surface area (Å²) in [5, 5.41) is 11.6. The number of H-pyrrole nitrogens is 1. The number of aliphatic carboxylic acids is 1. The Kier molecular flexibility index (Phi) is 8.25. The molecule has 5 aromatic rings. The largest absolute Gasteiger partial charge is 0.493 e. The molecular formula is C36H30F6N2O5. The van der Waals surface area contributed by atoms with Crippen LogP contribution in [0.3, 0.4) is 0 Å². The van der Waals surface area contributed by atoms with Crippen LogP contribution < -0.4 is 10.3 Å². The first-order valence-corrected chi connectivity index (χ1v) is 15.2. The van der Waals surface area contributed by atoms with Gasteiger partial charge in [-0.2, -0.15) is 26.3 Å². The number of ether oxygens (including phenoxy) is 2. The molecule has 49 heavy (non-hydrogen) atoms. The maximum atomic E-state index is 13.8. The van der Waals surface area contributed by atoms with E-state index >= 15 is 0 Å². The molecule has 3 aromatic carbocycles. The lowest BCUT2D eigenvalue weighted by Gasteiger charge is -2.30. The molecule has 1 atom stereocenters. The zero-order valence-corrected chi connectivity index (χ0v) is 26.7. The molecule has 2 N–H and O–H groups in total. The van der Waals surface area contributed by atoms with E-state index in [1.807, 2.05) is 6.07 Å². The van der Waals surface area contributed by atoms with Crippen LogP contribution in [0.5, 0.6) is 5.75 Å². The number of carbonyl (C=O) groups is 1. The van der Waals surface area contributed by atoms with Crippen LogP contribution in [0.4, 0.5) is 26.3 Å². The molecule has 2 aromatic heterocycles. The number of nitrogens with one attached hydrogen (secondary N) is 1. The van der Waals surface area contributed by atoms with Crippen molar-refractivity contribution in [3.05, 3.63) is 104 Å². The second-order valence-corrected chi connectivity index (χ2v) is 12.9. The maximum absolute atomic E-state index is 13.8. The van der Waals surface area contributed by atoms with Crippen molar-refractivity contribution in [1.82, 2.24) is 9.97 Å². The van der Waals surface area contributed by atoms with E-state index in [-0.39, 0.29) is 33.8 Å². The van der Waals surface area contributed by atoms with E-state index < -0.39 is 53.1 Å². The molecule has 0 spiro atoms. The molecule has 256 valence electrons. The molecule has 7 nitrogen and oxygen atoms in total. The number of hydrogen-bond donors (Lipinski definition) is 2. The minimum absolute atomic E-state index is 0.0388. The Labute approximate surface area is 275 Å². The average molecular weight is 685 g/mol. The molecule has 0 bridgehead atoms. The molecular weight excluding hydrogens is 654 g/mol. The first-order chi connectivity index (χ1) is 22.8. The SMILES string of the molecule is Cc1c([C@H](OC(C)(C)C)C(=O)O)c(-c2ccc3c4c(ccnc24)CCO3)c2ccc(=O)[nH]c2c1Cc1cc(C(F)(F)F)cc(C(F)(F)F)c1. The molecule has 13 heteroatoms. The molecule has 3 heterocycles. The number of carboxylic acids is 1. The van der Waals surface area contributed by atoms with Crippen molar-refractivity contribution in [1.29, 1.82) is 0 Å². The van der Waals surface area contributed by atoms with E-state index in [1.54, 1.807) is 39.1 Å². The number of aromatic amines is 1. The summed E-state index contributed by atoms with van der Waals surface area (Å²) in [5.74, 6) is -0.808. The second kappa shape index (κ2) is 11.9. The fraction of sp³-hybridized carbons (Fsp3) is 0.306. The van der Waals surface area contributed by atoms with Gasteiger partial charge in [-0.15, -0.1) is 0 Å². The molecule has 0 amide bonds. The Morgan fingerprint density at radius 1 is 1.00 bits per heavy atom. The number of aromatic nitrogens is 2. The highest BCUT2D eigenvalue weighted by Crippen LogP contribution is 2.46. The number of nitrogens with zero attached hydrogens (tertiary/aromatic N) is 1. The molecule has 0 unspecified atom stereocenters. The summed E-state index contributed by atoms with van der Waals surface area (Å²) < 4.78 is 94.9. The van der Waals surface area contributed by atoms with Gasteiger partial charge in [0.2, 0.25) is 5.56 Å². The standard InChI is InChI=1S/C36H30F6N2O5/c1-17-24(15-18-13-20(35(37,38)39)16-21(14-18)36(40,41)42)30-22(6-8-26(45)44-30)29(27(17)32(33(46)47)49-34(2,3)4)23-5-7-25-28-19(10-12-48-25)9-11-43-31(23)28/h5-9,11,13-14,16,32H,10,12,15H2,1-4H3,(H,44,45)(H,46,47)/t32-/m0/s1. The van der Waals surface area contributed by atoms with E-state index in [9.17, 15) is 41.0 Å². The van der Waals surface area contributed by atoms with Crippen LogP contribution in [-0.2, 0) is 34.7 Å². The predicted molar refractivity (Wildman–Crippen MR) is 170 cm³/mol. The summed E-state index contributed by atoms with van der Waals surface area (Å²) in [7, 11) is 0. The molecule has 0 radical (unpaired) electrons. The third kappa shape index (κ3) is 6.46. The summed E-state index contributed by atoms with van der Waals surface area (Å²) in [6.45, 7) is 6.92. The molecule has 6 rings (SSSR count). The zero-order chi connectivity index (χ0) is 35.6. The lowest BCUT2D eigenvalue weighted by molar-refractivity contribution is -0.160. The fourth-order valence-electron chi connectivity index (χ4n) is 6.46. The third-order valence-corrected chi connectivity index (χ3v) is 8.44. The van der Waals surface area contributed by atoms with Crippen LogP contribution in [0.15, 0.2) is 59.5 Å². The van der Waals surface area contributed by atoms with E-state index in [0.29, 0.717) is 58.3 Å². The number of hydrogen-bond acceptors (Lipinski definition) is 5. The number of pyridine rings is 2. The van der Waals surface area contributed by atoms with Crippen molar-refractivity contribution in [3.63, 3.8) is 0 Å². The monoisotopic (exact) mass is 684 g/mol. The van der Waals surface area contributed by atoms with E-state index in [0.717, 1.165) is 5.56 Å². The van der Waals surface area contributed by atoms with Gasteiger partial charge in [0.1, 0.15) is 5.75 Å². The van der Waals surface area contributed by atoms with Gasteiger partial charge in [-0.1, -0.05) is 0 Å². The highest BCUT2D eigenvalue weighted by Gasteiger charge is 2.38. The van der Waals surface area contributed by atoms with E-state index in [1.165, 1.54) is 19.1 Å². The second-order valence-electron chi connectivity index (χ2n) is 12.9. The Morgan fingerprint density at radius 3 is 2.29 bits per heavy atom. The van der Waals surface area contributed by atoms with Crippen LogP contribution in [0.1, 0.15) is 65.8 Å². The highest BCUT2D eigenvalue weighted by atomic mass is 19.4. The van der Waals surface area contributed by atoms with Gasteiger partial charge in [0, 0.05) is 40.6 Å². The van der Waals surface area contributed by atoms with Crippen LogP contribution in [0.2, 0.25) is 0 Å². The molecule has 1 aliphatic heterocycles. The highest BCUT2D eigenvalue weighted by molar-refractivity contribution is 6.09. The minimum atomic E-state index is -5.09. The van der Waals surface area contributed by atoms with Gasteiger partial charge >= 0.3 is 18.3 Å². The van der Waals surface area contributed by atoms with Gasteiger partial charge in [0.05, 0.1) is 34.4 Å². The zero-order valence-electron chi connectivity index (χ0n) is 26.7. The van der Waals surface area contributed by atoms with Crippen LogP contribution in [0, 0.1) is 6.92 Å². The first-order valence-electron chi connectivity index (χ1n) is 15.2. The average Bonchev–Trinajstić information content (AvgIpc) is 3.00. The van der Waals surface area contributed by atoms with Crippen LogP contribution in [0.25, 0.3) is 32.9 Å². The minimum Gasteiger partial charge on any atom is -0.493 e. The quantitative estimate of drug-likeness (QED) is 0.174. The van der Waals surface area contributed by atoms with Crippen molar-refractivity contribution < 1.29 is 45.7 Å². The Hall–Kier alpha value is -4.91. The van der Waals surface area contributed by atoms with E-state index in [4.69, 9.17) is 9.47 Å². The third-order valence-electron chi connectivity index (χ3n) is 8.44. The van der Waals surface area contributed by atoms with Crippen LogP contribution in [-0.4, -0.2) is 33.3 Å². The summed E-state index contributed by atoms with van der Waals surface area (Å²) in [6, 6.07) is 9.23. The molecule has 0 aliphatic carbocycles. The topological polar surface area (TPSA) is 102 Å². The smallest absolute Gasteiger partial charge is 0.416 e.